The van der Waals surface area contributed by atoms with Gasteiger partial charge in [-0.3, -0.25) is 4.79 Å². The lowest BCUT2D eigenvalue weighted by Gasteiger charge is -2.18. The van der Waals surface area contributed by atoms with E-state index in [1.165, 1.54) is 24.5 Å². The predicted molar refractivity (Wildman–Crippen MR) is 76.7 cm³/mol. The van der Waals surface area contributed by atoms with Crippen molar-refractivity contribution in [2.45, 2.75) is 38.6 Å². The Bertz CT molecular complexity index is 662. The van der Waals surface area contributed by atoms with Gasteiger partial charge in [0.15, 0.2) is 18.2 Å². The number of nitrogens with zero attached hydrogens (tertiary/aromatic N) is 3. The third kappa shape index (κ3) is 3.08. The number of hydrogen-bond donors (Lipinski definition) is 1. The van der Waals surface area contributed by atoms with Crippen LogP contribution in [0, 0.1) is 11.1 Å². The van der Waals surface area contributed by atoms with E-state index in [1.54, 1.807) is 0 Å². The third-order valence-corrected chi connectivity index (χ3v) is 3.68. The first-order valence-corrected chi connectivity index (χ1v) is 7.38. The van der Waals surface area contributed by atoms with E-state index < -0.39 is 0 Å². The SMILES string of the molecule is CC(C)[C@H](NC(=O)c1cc[n+]([O-])cc1)c1nc(C2CC2)no1. The summed E-state index contributed by atoms with van der Waals surface area (Å²) in [5.41, 5.74) is 0.416. The molecule has 2 heterocycles. The second-order valence-electron chi connectivity index (χ2n) is 5.91. The lowest BCUT2D eigenvalue weighted by Crippen LogP contribution is -2.33. The van der Waals surface area contributed by atoms with Crippen LogP contribution >= 0.6 is 0 Å². The van der Waals surface area contributed by atoms with Crippen molar-refractivity contribution in [1.82, 2.24) is 15.5 Å². The summed E-state index contributed by atoms with van der Waals surface area (Å²) >= 11 is 0. The van der Waals surface area contributed by atoms with Crippen LogP contribution < -0.4 is 10.0 Å². The highest BCUT2D eigenvalue weighted by Crippen LogP contribution is 2.38. The first-order valence-electron chi connectivity index (χ1n) is 7.38. The lowest BCUT2D eigenvalue weighted by molar-refractivity contribution is -0.605. The number of aromatic nitrogens is 3. The minimum atomic E-state index is -0.355. The van der Waals surface area contributed by atoms with Crippen molar-refractivity contribution in [3.05, 3.63) is 47.0 Å². The fourth-order valence-corrected chi connectivity index (χ4v) is 2.18. The van der Waals surface area contributed by atoms with Crippen LogP contribution in [0.25, 0.3) is 0 Å². The lowest BCUT2D eigenvalue weighted by atomic mass is 10.0. The number of amides is 1. The van der Waals surface area contributed by atoms with Gasteiger partial charge in [0.1, 0.15) is 6.04 Å². The first-order chi connectivity index (χ1) is 10.5. The molecule has 0 bridgehead atoms. The summed E-state index contributed by atoms with van der Waals surface area (Å²) in [6, 6.07) is 2.60. The molecule has 22 heavy (non-hydrogen) atoms. The Kier molecular flexibility index (Phi) is 3.79. The molecule has 7 heteroatoms. The molecule has 2 aromatic rings. The van der Waals surface area contributed by atoms with E-state index in [2.05, 4.69) is 15.5 Å². The van der Waals surface area contributed by atoms with Gasteiger partial charge in [-0.25, -0.2) is 0 Å². The van der Waals surface area contributed by atoms with E-state index in [0.29, 0.717) is 22.1 Å². The van der Waals surface area contributed by atoms with E-state index in [-0.39, 0.29) is 17.9 Å². The van der Waals surface area contributed by atoms with E-state index in [4.69, 9.17) is 4.52 Å². The van der Waals surface area contributed by atoms with E-state index in [1.807, 2.05) is 13.8 Å². The van der Waals surface area contributed by atoms with Gasteiger partial charge in [-0.05, 0) is 18.8 Å². The molecule has 0 aromatic carbocycles. The van der Waals surface area contributed by atoms with Crippen LogP contribution in [-0.2, 0) is 0 Å². The van der Waals surface area contributed by atoms with E-state index >= 15 is 0 Å². The second kappa shape index (κ2) is 5.75. The molecule has 0 spiro atoms. The fraction of sp³-hybridized carbons (Fsp3) is 0.467. The molecule has 1 N–H and O–H groups in total. The first kappa shape index (κ1) is 14.5. The Morgan fingerprint density at radius 2 is 2.09 bits per heavy atom. The van der Waals surface area contributed by atoms with Crippen LogP contribution in [0.1, 0.15) is 60.7 Å². The van der Waals surface area contributed by atoms with Crippen LogP contribution in [0.5, 0.6) is 0 Å². The molecule has 1 amide bonds. The number of pyridine rings is 1. The van der Waals surface area contributed by atoms with Crippen LogP contribution in [0.4, 0.5) is 0 Å². The molecular weight excluding hydrogens is 284 g/mol. The quantitative estimate of drug-likeness (QED) is 0.670. The van der Waals surface area contributed by atoms with Gasteiger partial charge < -0.3 is 15.0 Å². The molecule has 116 valence electrons. The van der Waals surface area contributed by atoms with Crippen LogP contribution in [-0.4, -0.2) is 16.0 Å². The molecule has 0 aliphatic heterocycles. The highest BCUT2D eigenvalue weighted by molar-refractivity contribution is 5.94. The number of carbonyl (C=O) groups excluding carboxylic acids is 1. The summed E-state index contributed by atoms with van der Waals surface area (Å²) in [4.78, 5) is 16.7. The Hall–Kier alpha value is -2.44. The van der Waals surface area contributed by atoms with Gasteiger partial charge in [-0.15, -0.1) is 0 Å². The number of hydrogen-bond acceptors (Lipinski definition) is 5. The molecule has 1 aliphatic rings. The maximum atomic E-state index is 12.3. The minimum absolute atomic E-state index is 0.101. The Labute approximate surface area is 127 Å². The number of carbonyl (C=O) groups is 1. The average molecular weight is 302 g/mol. The van der Waals surface area contributed by atoms with Crippen LogP contribution in [0.15, 0.2) is 29.0 Å². The van der Waals surface area contributed by atoms with Crippen molar-refractivity contribution in [3.63, 3.8) is 0 Å². The molecule has 1 atom stereocenters. The zero-order valence-corrected chi connectivity index (χ0v) is 12.5. The monoisotopic (exact) mass is 302 g/mol. The average Bonchev–Trinajstić information content (AvgIpc) is 3.23. The summed E-state index contributed by atoms with van der Waals surface area (Å²) in [6.07, 6.45) is 4.77. The summed E-state index contributed by atoms with van der Waals surface area (Å²) < 4.78 is 5.95. The van der Waals surface area contributed by atoms with Crippen molar-refractivity contribution < 1.29 is 14.0 Å². The number of nitrogens with one attached hydrogen (secondary N) is 1. The molecular formula is C15H18N4O3. The van der Waals surface area contributed by atoms with Crippen molar-refractivity contribution in [2.24, 2.45) is 5.92 Å². The van der Waals surface area contributed by atoms with Crippen molar-refractivity contribution in [3.8, 4) is 0 Å². The highest BCUT2D eigenvalue weighted by atomic mass is 16.5. The zero-order valence-electron chi connectivity index (χ0n) is 12.5. The minimum Gasteiger partial charge on any atom is -0.619 e. The molecule has 7 nitrogen and oxygen atoms in total. The second-order valence-corrected chi connectivity index (χ2v) is 5.91. The van der Waals surface area contributed by atoms with Crippen molar-refractivity contribution in [1.29, 1.82) is 0 Å². The van der Waals surface area contributed by atoms with E-state index in [0.717, 1.165) is 18.7 Å². The van der Waals surface area contributed by atoms with Crippen molar-refractivity contribution in [2.75, 3.05) is 0 Å². The van der Waals surface area contributed by atoms with Gasteiger partial charge in [0.05, 0.1) is 5.56 Å². The molecule has 0 unspecified atom stereocenters. The van der Waals surface area contributed by atoms with Gasteiger partial charge in [-0.1, -0.05) is 19.0 Å². The highest BCUT2D eigenvalue weighted by Gasteiger charge is 2.31. The number of rotatable bonds is 5. The Morgan fingerprint density at radius 3 is 2.68 bits per heavy atom. The topological polar surface area (TPSA) is 95.0 Å². The summed E-state index contributed by atoms with van der Waals surface area (Å²) in [5, 5.41) is 17.9. The standard InChI is InChI=1S/C15H18N4O3/c1-9(2)12(15-17-13(18-22-15)10-3-4-10)16-14(20)11-5-7-19(21)8-6-11/h5-10,12H,3-4H2,1-2H3,(H,16,20)/t12-/m0/s1. The third-order valence-electron chi connectivity index (χ3n) is 3.68. The molecule has 0 radical (unpaired) electrons. The molecule has 1 aliphatic carbocycles. The predicted octanol–water partition coefficient (Wildman–Crippen LogP) is 1.71. The molecule has 1 fully saturated rings. The van der Waals surface area contributed by atoms with Gasteiger partial charge in [0.25, 0.3) is 5.91 Å². The van der Waals surface area contributed by atoms with Gasteiger partial charge in [-0.2, -0.15) is 9.71 Å². The largest absolute Gasteiger partial charge is 0.619 e. The smallest absolute Gasteiger partial charge is 0.252 e. The fourth-order valence-electron chi connectivity index (χ4n) is 2.18. The summed E-state index contributed by atoms with van der Waals surface area (Å²) in [6.45, 7) is 3.95. The Morgan fingerprint density at radius 1 is 1.41 bits per heavy atom. The molecule has 1 saturated carbocycles. The van der Waals surface area contributed by atoms with Gasteiger partial charge in [0.2, 0.25) is 5.89 Å². The molecule has 3 rings (SSSR count). The summed E-state index contributed by atoms with van der Waals surface area (Å²) in [7, 11) is 0. The molecule has 2 aromatic heterocycles. The normalized spacial score (nSPS) is 15.8. The van der Waals surface area contributed by atoms with E-state index in [9.17, 15) is 10.0 Å². The van der Waals surface area contributed by atoms with Gasteiger partial charge >= 0.3 is 0 Å². The maximum absolute atomic E-state index is 12.3. The van der Waals surface area contributed by atoms with Crippen LogP contribution in [0.3, 0.4) is 0 Å². The Balaban J connectivity index is 1.75. The van der Waals surface area contributed by atoms with Crippen molar-refractivity contribution >= 4 is 5.91 Å². The van der Waals surface area contributed by atoms with Gasteiger partial charge in [0, 0.05) is 18.1 Å². The maximum Gasteiger partial charge on any atom is 0.252 e. The summed E-state index contributed by atoms with van der Waals surface area (Å²) in [5.74, 6) is 1.39. The van der Waals surface area contributed by atoms with Crippen LogP contribution in [0.2, 0.25) is 0 Å². The molecule has 0 saturated heterocycles. The zero-order chi connectivity index (χ0) is 15.7.